The van der Waals surface area contributed by atoms with E-state index < -0.39 is 4.92 Å². The van der Waals surface area contributed by atoms with Gasteiger partial charge in [0.25, 0.3) is 5.91 Å². The van der Waals surface area contributed by atoms with Gasteiger partial charge in [-0.1, -0.05) is 35.9 Å². The highest BCUT2D eigenvalue weighted by Crippen LogP contribution is 2.38. The largest absolute Gasteiger partial charge is 0.495 e. The van der Waals surface area contributed by atoms with Crippen LogP contribution in [0.3, 0.4) is 0 Å². The minimum atomic E-state index is -0.584. The number of nitrogens with one attached hydrogen (secondary N) is 1. The number of amides is 1. The fraction of sp³-hybridized carbons (Fsp3) is 0.0500. The maximum Gasteiger partial charge on any atom is 0.313 e. The Balaban J connectivity index is 1.85. The summed E-state index contributed by atoms with van der Waals surface area (Å²) in [5.41, 5.74) is 0.553. The molecule has 0 spiro atoms. The zero-order valence-corrected chi connectivity index (χ0v) is 15.5. The highest BCUT2D eigenvalue weighted by atomic mass is 35.5. The van der Waals surface area contributed by atoms with Crippen LogP contribution in [-0.2, 0) is 0 Å². The monoisotopic (exact) mass is 398 g/mol. The molecule has 7 nitrogen and oxygen atoms in total. The lowest BCUT2D eigenvalue weighted by molar-refractivity contribution is -0.385. The number of carbonyl (C=O) groups excluding carboxylic acids is 1. The molecule has 142 valence electrons. The molecule has 3 aromatic carbocycles. The van der Waals surface area contributed by atoms with Gasteiger partial charge in [0.2, 0.25) is 5.75 Å². The third kappa shape index (κ3) is 4.21. The van der Waals surface area contributed by atoms with Crippen LogP contribution in [0.5, 0.6) is 17.2 Å². The van der Waals surface area contributed by atoms with E-state index in [9.17, 15) is 14.9 Å². The maximum atomic E-state index is 12.6. The van der Waals surface area contributed by atoms with Crippen molar-refractivity contribution in [1.29, 1.82) is 0 Å². The standard InChI is InChI=1S/C20H15ClN2O5/c1-27-18-11-3-2-9-16(18)22-20(24)13-6-4-7-14(12-13)28-19-15(21)8-5-10-17(19)23(25)26/h2-12H,1H3,(H,22,24). The van der Waals surface area contributed by atoms with E-state index in [1.54, 1.807) is 42.5 Å². The van der Waals surface area contributed by atoms with Crippen molar-refractivity contribution >= 4 is 28.9 Å². The van der Waals surface area contributed by atoms with Gasteiger partial charge < -0.3 is 14.8 Å². The molecule has 0 heterocycles. The summed E-state index contributed by atoms with van der Waals surface area (Å²) < 4.78 is 10.8. The summed E-state index contributed by atoms with van der Waals surface area (Å²) in [6.45, 7) is 0. The average molecular weight is 399 g/mol. The molecule has 1 amide bonds. The number of ether oxygens (including phenoxy) is 2. The van der Waals surface area contributed by atoms with Gasteiger partial charge in [0.15, 0.2) is 0 Å². The highest BCUT2D eigenvalue weighted by molar-refractivity contribution is 6.32. The minimum absolute atomic E-state index is 0.0866. The van der Waals surface area contributed by atoms with Crippen molar-refractivity contribution in [3.8, 4) is 17.2 Å². The van der Waals surface area contributed by atoms with E-state index in [4.69, 9.17) is 21.1 Å². The molecular weight excluding hydrogens is 384 g/mol. The molecule has 8 heteroatoms. The molecule has 1 N–H and O–H groups in total. The Kier molecular flexibility index (Phi) is 5.76. The number of nitro benzene ring substituents is 1. The van der Waals surface area contributed by atoms with Gasteiger partial charge in [-0.15, -0.1) is 0 Å². The second kappa shape index (κ2) is 8.41. The number of nitrogens with zero attached hydrogens (tertiary/aromatic N) is 1. The molecule has 3 rings (SSSR count). The number of rotatable bonds is 6. The van der Waals surface area contributed by atoms with Gasteiger partial charge in [-0.05, 0) is 36.4 Å². The lowest BCUT2D eigenvalue weighted by Gasteiger charge is -2.11. The van der Waals surface area contributed by atoms with E-state index in [2.05, 4.69) is 5.32 Å². The van der Waals surface area contributed by atoms with E-state index in [0.29, 0.717) is 17.0 Å². The molecule has 0 aliphatic carbocycles. The second-order valence-electron chi connectivity index (χ2n) is 5.63. The van der Waals surface area contributed by atoms with Crippen molar-refractivity contribution in [2.45, 2.75) is 0 Å². The predicted octanol–water partition coefficient (Wildman–Crippen LogP) is 5.30. The van der Waals surface area contributed by atoms with Crippen molar-refractivity contribution in [2.75, 3.05) is 12.4 Å². The Morgan fingerprint density at radius 1 is 1.07 bits per heavy atom. The summed E-state index contributed by atoms with van der Waals surface area (Å²) in [7, 11) is 1.51. The number of methoxy groups -OCH3 is 1. The maximum absolute atomic E-state index is 12.6. The Morgan fingerprint density at radius 3 is 2.57 bits per heavy atom. The lowest BCUT2D eigenvalue weighted by Crippen LogP contribution is -2.12. The van der Waals surface area contributed by atoms with Crippen LogP contribution >= 0.6 is 11.6 Å². The predicted molar refractivity (Wildman–Crippen MR) is 106 cm³/mol. The van der Waals surface area contributed by atoms with Crippen molar-refractivity contribution in [3.63, 3.8) is 0 Å². The lowest BCUT2D eigenvalue weighted by atomic mass is 10.2. The normalized spacial score (nSPS) is 10.2. The average Bonchev–Trinajstić information content (AvgIpc) is 2.70. The molecule has 0 aliphatic heterocycles. The fourth-order valence-electron chi connectivity index (χ4n) is 2.50. The number of anilines is 1. The summed E-state index contributed by atoms with van der Waals surface area (Å²) >= 11 is 6.04. The first-order valence-electron chi connectivity index (χ1n) is 8.15. The molecule has 28 heavy (non-hydrogen) atoms. The Hall–Kier alpha value is -3.58. The Morgan fingerprint density at radius 2 is 1.82 bits per heavy atom. The van der Waals surface area contributed by atoms with E-state index in [1.165, 1.54) is 31.4 Å². The molecule has 0 aliphatic rings. The van der Waals surface area contributed by atoms with Crippen molar-refractivity contribution in [1.82, 2.24) is 0 Å². The topological polar surface area (TPSA) is 90.7 Å². The Labute approximate surface area is 165 Å². The van der Waals surface area contributed by atoms with Gasteiger partial charge in [-0.25, -0.2) is 0 Å². The molecule has 0 aromatic heterocycles. The summed E-state index contributed by atoms with van der Waals surface area (Å²) in [5.74, 6) is 0.291. The van der Waals surface area contributed by atoms with Gasteiger partial charge in [0.1, 0.15) is 11.5 Å². The number of hydrogen-bond donors (Lipinski definition) is 1. The molecule has 0 saturated heterocycles. The number of benzene rings is 3. The van der Waals surface area contributed by atoms with Crippen LogP contribution in [0.15, 0.2) is 66.7 Å². The van der Waals surface area contributed by atoms with Crippen LogP contribution in [0.4, 0.5) is 11.4 Å². The van der Waals surface area contributed by atoms with Gasteiger partial charge >= 0.3 is 5.69 Å². The van der Waals surface area contributed by atoms with Crippen LogP contribution in [0, 0.1) is 10.1 Å². The second-order valence-corrected chi connectivity index (χ2v) is 6.04. The minimum Gasteiger partial charge on any atom is -0.495 e. The van der Waals surface area contributed by atoms with Gasteiger partial charge in [0, 0.05) is 11.6 Å². The van der Waals surface area contributed by atoms with Crippen LogP contribution in [0.1, 0.15) is 10.4 Å². The molecule has 0 bridgehead atoms. The van der Waals surface area contributed by atoms with Crippen LogP contribution in [0.2, 0.25) is 5.02 Å². The molecule has 0 radical (unpaired) electrons. The number of halogens is 1. The fourth-order valence-corrected chi connectivity index (χ4v) is 2.71. The smallest absolute Gasteiger partial charge is 0.313 e. The third-order valence-corrected chi connectivity index (χ3v) is 4.11. The Bertz CT molecular complexity index is 1040. The van der Waals surface area contributed by atoms with Gasteiger partial charge in [0.05, 0.1) is 22.7 Å². The summed E-state index contributed by atoms with van der Waals surface area (Å²) in [4.78, 5) is 23.2. The molecule has 0 atom stereocenters. The van der Waals surface area contributed by atoms with E-state index in [1.807, 2.05) is 0 Å². The molecule has 0 fully saturated rings. The molecule has 0 saturated carbocycles. The molecular formula is C20H15ClN2O5. The number of para-hydroxylation sites is 3. The quantitative estimate of drug-likeness (QED) is 0.449. The highest BCUT2D eigenvalue weighted by Gasteiger charge is 2.19. The first kappa shape index (κ1) is 19.2. The first-order valence-corrected chi connectivity index (χ1v) is 8.52. The molecule has 3 aromatic rings. The van der Waals surface area contributed by atoms with Gasteiger partial charge in [-0.2, -0.15) is 0 Å². The van der Waals surface area contributed by atoms with Crippen molar-refractivity contribution < 1.29 is 19.2 Å². The van der Waals surface area contributed by atoms with E-state index in [0.717, 1.165) is 0 Å². The van der Waals surface area contributed by atoms with Crippen molar-refractivity contribution in [2.24, 2.45) is 0 Å². The van der Waals surface area contributed by atoms with Crippen LogP contribution in [-0.4, -0.2) is 17.9 Å². The first-order chi connectivity index (χ1) is 13.5. The summed E-state index contributed by atoms with van der Waals surface area (Å²) in [5, 5.41) is 14.0. The number of hydrogen-bond acceptors (Lipinski definition) is 5. The van der Waals surface area contributed by atoms with Gasteiger partial charge in [-0.3, -0.25) is 14.9 Å². The van der Waals surface area contributed by atoms with E-state index in [-0.39, 0.29) is 28.1 Å². The zero-order chi connectivity index (χ0) is 20.1. The zero-order valence-electron chi connectivity index (χ0n) is 14.7. The van der Waals surface area contributed by atoms with Crippen molar-refractivity contribution in [3.05, 3.63) is 87.4 Å². The number of carbonyl (C=O) groups is 1. The third-order valence-electron chi connectivity index (χ3n) is 3.81. The van der Waals surface area contributed by atoms with E-state index >= 15 is 0 Å². The molecule has 0 unspecified atom stereocenters. The van der Waals surface area contributed by atoms with Crippen LogP contribution < -0.4 is 14.8 Å². The number of nitro groups is 1. The summed E-state index contributed by atoms with van der Waals surface area (Å²) in [6, 6.07) is 17.5. The van der Waals surface area contributed by atoms with Crippen LogP contribution in [0.25, 0.3) is 0 Å². The SMILES string of the molecule is COc1ccccc1NC(=O)c1cccc(Oc2c(Cl)cccc2[N+](=O)[O-])c1. The summed E-state index contributed by atoms with van der Waals surface area (Å²) in [6.07, 6.45) is 0.